The molecule has 5 rings (SSSR count). The van der Waals surface area contributed by atoms with Gasteiger partial charge in [0.25, 0.3) is 0 Å². The standard InChI is InChI=1S/C23H24F3N3O2/c24-15-1-4-20-14(13-15)5-11-29(20)16-6-9-28(10-7-16)23(30)27-19-8-12-31-22-18(26)3-2-17(25)21(19)22/h1-4,13,16,19H,5-12H2,(H,27,30)/t19-/m0/s1. The lowest BCUT2D eigenvalue weighted by Gasteiger charge is -2.39. The van der Waals surface area contributed by atoms with Crippen LogP contribution in [0.15, 0.2) is 30.3 Å². The summed E-state index contributed by atoms with van der Waals surface area (Å²) in [6.45, 7) is 2.23. The number of rotatable bonds is 2. The summed E-state index contributed by atoms with van der Waals surface area (Å²) in [4.78, 5) is 16.9. The molecule has 2 aromatic rings. The molecule has 31 heavy (non-hydrogen) atoms. The van der Waals surface area contributed by atoms with Gasteiger partial charge in [-0.3, -0.25) is 0 Å². The second-order valence-corrected chi connectivity index (χ2v) is 8.35. The predicted molar refractivity (Wildman–Crippen MR) is 110 cm³/mol. The molecular formula is C23H24F3N3O2. The number of hydrogen-bond acceptors (Lipinski definition) is 3. The van der Waals surface area contributed by atoms with Crippen molar-refractivity contribution in [3.05, 3.63) is 58.9 Å². The Hall–Kier alpha value is -2.90. The summed E-state index contributed by atoms with van der Waals surface area (Å²) in [6.07, 6.45) is 2.82. The molecule has 0 radical (unpaired) electrons. The van der Waals surface area contributed by atoms with Gasteiger partial charge in [-0.15, -0.1) is 0 Å². The zero-order chi connectivity index (χ0) is 21.5. The molecule has 3 aliphatic heterocycles. The number of benzene rings is 2. The maximum Gasteiger partial charge on any atom is 0.317 e. The molecule has 1 fully saturated rings. The van der Waals surface area contributed by atoms with E-state index in [9.17, 15) is 18.0 Å². The van der Waals surface area contributed by atoms with Crippen molar-refractivity contribution < 1.29 is 22.7 Å². The average molecular weight is 431 g/mol. The normalized spacial score (nSPS) is 20.8. The number of piperidine rings is 1. The van der Waals surface area contributed by atoms with Gasteiger partial charge in [0.15, 0.2) is 11.6 Å². The van der Waals surface area contributed by atoms with Crippen LogP contribution in [0.2, 0.25) is 0 Å². The molecule has 8 heteroatoms. The highest BCUT2D eigenvalue weighted by molar-refractivity contribution is 5.75. The SMILES string of the molecule is O=C(N[C@H]1CCOc2c(F)ccc(F)c21)N1CCC(N2CCc3cc(F)ccc32)CC1. The number of fused-ring (bicyclic) bond motifs is 2. The summed E-state index contributed by atoms with van der Waals surface area (Å²) in [5, 5.41) is 2.86. The molecule has 0 aromatic heterocycles. The fourth-order valence-corrected chi connectivity index (χ4v) is 4.98. The molecule has 5 nitrogen and oxygen atoms in total. The van der Waals surface area contributed by atoms with Gasteiger partial charge < -0.3 is 19.9 Å². The smallest absolute Gasteiger partial charge is 0.317 e. The number of halogens is 3. The first kappa shape index (κ1) is 20.0. The van der Waals surface area contributed by atoms with Gasteiger partial charge in [-0.25, -0.2) is 18.0 Å². The van der Waals surface area contributed by atoms with Gasteiger partial charge in [0, 0.05) is 37.8 Å². The van der Waals surface area contributed by atoms with E-state index in [0.717, 1.165) is 49.2 Å². The first-order valence-corrected chi connectivity index (χ1v) is 10.7. The number of urea groups is 1. The van der Waals surface area contributed by atoms with E-state index in [-0.39, 0.29) is 29.8 Å². The number of amides is 2. The van der Waals surface area contributed by atoms with Gasteiger partial charge in [0.1, 0.15) is 11.6 Å². The summed E-state index contributed by atoms with van der Waals surface area (Å²) in [7, 11) is 0. The van der Waals surface area contributed by atoms with E-state index in [1.54, 1.807) is 11.0 Å². The summed E-state index contributed by atoms with van der Waals surface area (Å²) in [6, 6.07) is 6.44. The van der Waals surface area contributed by atoms with Gasteiger partial charge >= 0.3 is 6.03 Å². The first-order valence-electron chi connectivity index (χ1n) is 10.7. The molecule has 0 unspecified atom stereocenters. The fraction of sp³-hybridized carbons (Fsp3) is 0.435. The molecule has 0 saturated carbocycles. The van der Waals surface area contributed by atoms with Crippen LogP contribution in [-0.4, -0.2) is 43.2 Å². The number of nitrogens with zero attached hydrogens (tertiary/aromatic N) is 2. The average Bonchev–Trinajstić information content (AvgIpc) is 3.19. The third kappa shape index (κ3) is 3.68. The highest BCUT2D eigenvalue weighted by atomic mass is 19.1. The van der Waals surface area contributed by atoms with Crippen LogP contribution >= 0.6 is 0 Å². The third-order valence-corrected chi connectivity index (χ3v) is 6.56. The van der Waals surface area contributed by atoms with E-state index in [0.29, 0.717) is 25.6 Å². The van der Waals surface area contributed by atoms with Crippen LogP contribution in [0, 0.1) is 17.5 Å². The van der Waals surface area contributed by atoms with Crippen LogP contribution in [0.3, 0.4) is 0 Å². The van der Waals surface area contributed by atoms with E-state index in [4.69, 9.17) is 4.74 Å². The summed E-state index contributed by atoms with van der Waals surface area (Å²) in [5.74, 6) is -1.52. The Morgan fingerprint density at radius 1 is 1.00 bits per heavy atom. The zero-order valence-electron chi connectivity index (χ0n) is 17.0. The number of carbonyl (C=O) groups is 1. The van der Waals surface area contributed by atoms with Crippen molar-refractivity contribution in [2.75, 3.05) is 31.1 Å². The Bertz CT molecular complexity index is 1010. The Morgan fingerprint density at radius 2 is 1.77 bits per heavy atom. The van der Waals surface area contributed by atoms with E-state index < -0.39 is 17.7 Å². The van der Waals surface area contributed by atoms with Gasteiger partial charge in [0.05, 0.1) is 18.2 Å². The van der Waals surface area contributed by atoms with Crippen molar-refractivity contribution in [2.24, 2.45) is 0 Å². The van der Waals surface area contributed by atoms with Crippen molar-refractivity contribution >= 4 is 11.7 Å². The minimum Gasteiger partial charge on any atom is -0.490 e. The Labute approximate surface area is 178 Å². The maximum absolute atomic E-state index is 14.3. The molecule has 0 aliphatic carbocycles. The Morgan fingerprint density at radius 3 is 2.58 bits per heavy atom. The molecule has 1 atom stereocenters. The van der Waals surface area contributed by atoms with Gasteiger partial charge in [-0.2, -0.15) is 0 Å². The summed E-state index contributed by atoms with van der Waals surface area (Å²) in [5.41, 5.74) is 2.20. The largest absolute Gasteiger partial charge is 0.490 e. The zero-order valence-corrected chi connectivity index (χ0v) is 17.0. The van der Waals surface area contributed by atoms with Crippen molar-refractivity contribution in [1.82, 2.24) is 10.2 Å². The van der Waals surface area contributed by atoms with E-state index in [2.05, 4.69) is 10.2 Å². The summed E-state index contributed by atoms with van der Waals surface area (Å²) >= 11 is 0. The molecule has 1 N–H and O–H groups in total. The van der Waals surface area contributed by atoms with Crippen molar-refractivity contribution in [3.63, 3.8) is 0 Å². The second-order valence-electron chi connectivity index (χ2n) is 8.35. The van der Waals surface area contributed by atoms with Gasteiger partial charge in [0.2, 0.25) is 0 Å². The number of carbonyl (C=O) groups excluding carboxylic acids is 1. The van der Waals surface area contributed by atoms with Gasteiger partial charge in [-0.05, 0) is 55.2 Å². The van der Waals surface area contributed by atoms with Crippen LogP contribution in [0.5, 0.6) is 5.75 Å². The predicted octanol–water partition coefficient (Wildman–Crippen LogP) is 4.16. The highest BCUT2D eigenvalue weighted by Gasteiger charge is 2.33. The molecule has 3 heterocycles. The maximum atomic E-state index is 14.3. The minimum atomic E-state index is -0.623. The van der Waals surface area contributed by atoms with Crippen molar-refractivity contribution in [1.29, 1.82) is 0 Å². The van der Waals surface area contributed by atoms with Crippen LogP contribution in [-0.2, 0) is 6.42 Å². The van der Waals surface area contributed by atoms with Crippen LogP contribution in [0.4, 0.5) is 23.7 Å². The molecular weight excluding hydrogens is 407 g/mol. The first-order chi connectivity index (χ1) is 15.0. The number of anilines is 1. The lowest BCUT2D eigenvalue weighted by Crippen LogP contribution is -2.50. The second kappa shape index (κ2) is 7.98. The topological polar surface area (TPSA) is 44.8 Å². The Balaban J connectivity index is 1.22. The number of nitrogens with one attached hydrogen (secondary N) is 1. The van der Waals surface area contributed by atoms with E-state index in [1.165, 1.54) is 6.07 Å². The van der Waals surface area contributed by atoms with Gasteiger partial charge in [-0.1, -0.05) is 0 Å². The monoisotopic (exact) mass is 431 g/mol. The van der Waals surface area contributed by atoms with E-state index in [1.807, 2.05) is 6.07 Å². The molecule has 0 spiro atoms. The van der Waals surface area contributed by atoms with Crippen molar-refractivity contribution in [3.8, 4) is 5.75 Å². The molecule has 3 aliphatic rings. The molecule has 1 saturated heterocycles. The number of ether oxygens (including phenoxy) is 1. The van der Waals surface area contributed by atoms with Crippen LogP contribution in [0.1, 0.15) is 36.4 Å². The third-order valence-electron chi connectivity index (χ3n) is 6.56. The number of likely N-dealkylation sites (tertiary alicyclic amines) is 1. The minimum absolute atomic E-state index is 0.0791. The summed E-state index contributed by atoms with van der Waals surface area (Å²) < 4.78 is 47.1. The Kier molecular flexibility index (Phi) is 5.16. The van der Waals surface area contributed by atoms with E-state index >= 15 is 0 Å². The highest BCUT2D eigenvalue weighted by Crippen LogP contribution is 2.37. The lowest BCUT2D eigenvalue weighted by atomic mass is 9.99. The van der Waals surface area contributed by atoms with Crippen LogP contribution < -0.4 is 15.0 Å². The number of hydrogen-bond donors (Lipinski definition) is 1. The quantitative estimate of drug-likeness (QED) is 0.777. The molecule has 0 bridgehead atoms. The fourth-order valence-electron chi connectivity index (χ4n) is 4.98. The molecule has 164 valence electrons. The lowest BCUT2D eigenvalue weighted by molar-refractivity contribution is 0.169. The van der Waals surface area contributed by atoms with Crippen molar-refractivity contribution in [2.45, 2.75) is 37.8 Å². The molecule has 2 aromatic carbocycles. The van der Waals surface area contributed by atoms with Crippen LogP contribution in [0.25, 0.3) is 0 Å². The molecule has 2 amide bonds.